The number of halogens is 1. The number of hydrogen-bond donors (Lipinski definition) is 0. The summed E-state index contributed by atoms with van der Waals surface area (Å²) >= 11 is 5.86. The van der Waals surface area contributed by atoms with Crippen molar-refractivity contribution in [2.45, 2.75) is 20.0 Å². The molecule has 0 spiro atoms. The molecule has 0 amide bonds. The fourth-order valence-electron chi connectivity index (χ4n) is 1.52. The smallest absolute Gasteiger partial charge is 0.303 e. The zero-order valence-corrected chi connectivity index (χ0v) is 10.2. The van der Waals surface area contributed by atoms with E-state index in [4.69, 9.17) is 16.3 Å². The predicted octanol–water partition coefficient (Wildman–Crippen LogP) is 2.91. The Balaban J connectivity index is 2.37. The van der Waals surface area contributed by atoms with E-state index in [-0.39, 0.29) is 5.97 Å². The average molecular weight is 251 g/mol. The minimum Gasteiger partial charge on any atom is -0.455 e. The molecule has 1 heterocycles. The SMILES string of the molecule is CC(=O)O[C@@H](C)c1ncc2cc(Cl)ccc2n1. The van der Waals surface area contributed by atoms with Crippen molar-refractivity contribution in [3.63, 3.8) is 0 Å². The van der Waals surface area contributed by atoms with Crippen LogP contribution in [0.1, 0.15) is 25.8 Å². The number of carbonyl (C=O) groups is 1. The Morgan fingerprint density at radius 2 is 2.24 bits per heavy atom. The highest BCUT2D eigenvalue weighted by atomic mass is 35.5. The summed E-state index contributed by atoms with van der Waals surface area (Å²) in [5.74, 6) is 0.132. The van der Waals surface area contributed by atoms with E-state index in [2.05, 4.69) is 9.97 Å². The van der Waals surface area contributed by atoms with Crippen molar-refractivity contribution < 1.29 is 9.53 Å². The lowest BCUT2D eigenvalue weighted by molar-refractivity contribution is -0.146. The second-order valence-electron chi connectivity index (χ2n) is 3.68. The fraction of sp³-hybridized carbons (Fsp3) is 0.250. The molecule has 0 bridgehead atoms. The Kier molecular flexibility index (Phi) is 3.24. The molecule has 0 aliphatic heterocycles. The summed E-state index contributed by atoms with van der Waals surface area (Å²) in [7, 11) is 0. The number of rotatable bonds is 2. The van der Waals surface area contributed by atoms with E-state index in [1.165, 1.54) is 6.92 Å². The van der Waals surface area contributed by atoms with Gasteiger partial charge in [-0.3, -0.25) is 4.79 Å². The van der Waals surface area contributed by atoms with Gasteiger partial charge in [-0.15, -0.1) is 0 Å². The molecular weight excluding hydrogens is 240 g/mol. The third kappa shape index (κ3) is 2.71. The van der Waals surface area contributed by atoms with Crippen molar-refractivity contribution in [1.29, 1.82) is 0 Å². The van der Waals surface area contributed by atoms with Crippen molar-refractivity contribution in [3.05, 3.63) is 35.2 Å². The summed E-state index contributed by atoms with van der Waals surface area (Å²) in [6.07, 6.45) is 1.22. The van der Waals surface area contributed by atoms with E-state index in [1.54, 1.807) is 25.3 Å². The van der Waals surface area contributed by atoms with Gasteiger partial charge in [0.1, 0.15) is 0 Å². The van der Waals surface area contributed by atoms with Crippen LogP contribution in [0.4, 0.5) is 0 Å². The fourth-order valence-corrected chi connectivity index (χ4v) is 1.70. The number of fused-ring (bicyclic) bond motifs is 1. The molecule has 2 aromatic rings. The molecule has 2 rings (SSSR count). The van der Waals surface area contributed by atoms with Gasteiger partial charge in [-0.25, -0.2) is 9.97 Å². The highest BCUT2D eigenvalue weighted by Crippen LogP contribution is 2.19. The first-order chi connectivity index (χ1) is 8.06. The molecule has 17 heavy (non-hydrogen) atoms. The molecule has 0 aliphatic rings. The summed E-state index contributed by atoms with van der Waals surface area (Å²) < 4.78 is 5.02. The van der Waals surface area contributed by atoms with Gasteiger partial charge >= 0.3 is 5.97 Å². The molecule has 5 heteroatoms. The van der Waals surface area contributed by atoms with Crippen molar-refractivity contribution in [2.75, 3.05) is 0 Å². The molecule has 0 aliphatic carbocycles. The van der Waals surface area contributed by atoms with Gasteiger partial charge in [0.25, 0.3) is 0 Å². The van der Waals surface area contributed by atoms with E-state index in [0.717, 1.165) is 10.9 Å². The molecule has 1 aromatic heterocycles. The summed E-state index contributed by atoms with van der Waals surface area (Å²) in [6, 6.07) is 5.36. The number of benzene rings is 1. The van der Waals surface area contributed by atoms with Crippen LogP contribution in [0.25, 0.3) is 10.9 Å². The second kappa shape index (κ2) is 4.67. The Bertz CT molecular complexity index is 571. The van der Waals surface area contributed by atoms with Gasteiger partial charge in [-0.2, -0.15) is 0 Å². The molecule has 0 saturated carbocycles. The van der Waals surface area contributed by atoms with Gasteiger partial charge in [-0.1, -0.05) is 11.6 Å². The highest BCUT2D eigenvalue weighted by Gasteiger charge is 2.12. The van der Waals surface area contributed by atoms with E-state index >= 15 is 0 Å². The molecule has 0 saturated heterocycles. The first-order valence-electron chi connectivity index (χ1n) is 5.15. The van der Waals surface area contributed by atoms with Gasteiger partial charge in [0.2, 0.25) is 0 Å². The second-order valence-corrected chi connectivity index (χ2v) is 4.12. The molecule has 1 aromatic carbocycles. The van der Waals surface area contributed by atoms with E-state index in [0.29, 0.717) is 10.8 Å². The molecule has 0 radical (unpaired) electrons. The maximum absolute atomic E-state index is 10.8. The van der Waals surface area contributed by atoms with E-state index < -0.39 is 6.10 Å². The van der Waals surface area contributed by atoms with Crippen molar-refractivity contribution >= 4 is 28.5 Å². The Morgan fingerprint density at radius 1 is 1.47 bits per heavy atom. The quantitative estimate of drug-likeness (QED) is 0.769. The van der Waals surface area contributed by atoms with Gasteiger partial charge < -0.3 is 4.74 Å². The standard InChI is InChI=1S/C12H11ClN2O2/c1-7(17-8(2)16)12-14-6-9-5-10(13)3-4-11(9)15-12/h3-7H,1-2H3/t7-/m0/s1. The first kappa shape index (κ1) is 11.8. The zero-order chi connectivity index (χ0) is 12.4. The minimum absolute atomic E-state index is 0.350. The Morgan fingerprint density at radius 3 is 2.94 bits per heavy atom. The molecule has 0 unspecified atom stereocenters. The predicted molar refractivity (Wildman–Crippen MR) is 64.7 cm³/mol. The number of carbonyl (C=O) groups excluding carboxylic acids is 1. The maximum atomic E-state index is 10.8. The maximum Gasteiger partial charge on any atom is 0.303 e. The van der Waals surface area contributed by atoms with E-state index in [1.807, 2.05) is 6.07 Å². The Hall–Kier alpha value is -1.68. The first-order valence-corrected chi connectivity index (χ1v) is 5.53. The van der Waals surface area contributed by atoms with Crippen molar-refractivity contribution in [1.82, 2.24) is 9.97 Å². The average Bonchev–Trinajstić information content (AvgIpc) is 2.27. The zero-order valence-electron chi connectivity index (χ0n) is 9.48. The van der Waals surface area contributed by atoms with Crippen molar-refractivity contribution in [2.24, 2.45) is 0 Å². The normalized spacial score (nSPS) is 12.4. The number of aromatic nitrogens is 2. The van der Waals surface area contributed by atoms with Crippen molar-refractivity contribution in [3.8, 4) is 0 Å². The summed E-state index contributed by atoms with van der Waals surface area (Å²) in [5.41, 5.74) is 0.776. The number of nitrogens with zero attached hydrogens (tertiary/aromatic N) is 2. The van der Waals surface area contributed by atoms with Gasteiger partial charge in [0.15, 0.2) is 11.9 Å². The van der Waals surface area contributed by atoms with Crippen LogP contribution >= 0.6 is 11.6 Å². The van der Waals surface area contributed by atoms with Crippen LogP contribution in [0.3, 0.4) is 0 Å². The lowest BCUT2D eigenvalue weighted by atomic mass is 10.2. The monoisotopic (exact) mass is 250 g/mol. The number of ether oxygens (including phenoxy) is 1. The third-order valence-electron chi connectivity index (χ3n) is 2.27. The topological polar surface area (TPSA) is 52.1 Å². The lowest BCUT2D eigenvalue weighted by Gasteiger charge is -2.10. The molecule has 1 atom stereocenters. The van der Waals surface area contributed by atoms with Gasteiger partial charge in [-0.05, 0) is 25.1 Å². The number of esters is 1. The van der Waals surface area contributed by atoms with Crippen LogP contribution in [0.15, 0.2) is 24.4 Å². The van der Waals surface area contributed by atoms with E-state index in [9.17, 15) is 4.79 Å². The molecule has 88 valence electrons. The van der Waals surface area contributed by atoms with Gasteiger partial charge in [0.05, 0.1) is 5.52 Å². The lowest BCUT2D eigenvalue weighted by Crippen LogP contribution is -2.08. The highest BCUT2D eigenvalue weighted by molar-refractivity contribution is 6.31. The molecule has 4 nitrogen and oxygen atoms in total. The summed E-state index contributed by atoms with van der Waals surface area (Å²) in [5, 5.41) is 1.50. The van der Waals surface area contributed by atoms with Crippen LogP contribution in [0, 0.1) is 0 Å². The molecule has 0 N–H and O–H groups in total. The van der Waals surface area contributed by atoms with Crippen LogP contribution in [-0.4, -0.2) is 15.9 Å². The summed E-state index contributed by atoms with van der Waals surface area (Å²) in [4.78, 5) is 19.3. The number of hydrogen-bond acceptors (Lipinski definition) is 4. The Labute approximate surface area is 104 Å². The largest absolute Gasteiger partial charge is 0.455 e. The molecular formula is C12H11ClN2O2. The van der Waals surface area contributed by atoms with Crippen LogP contribution in [0.2, 0.25) is 5.02 Å². The van der Waals surface area contributed by atoms with Crippen LogP contribution in [0.5, 0.6) is 0 Å². The third-order valence-corrected chi connectivity index (χ3v) is 2.50. The van der Waals surface area contributed by atoms with Gasteiger partial charge in [0, 0.05) is 23.5 Å². The molecule has 0 fully saturated rings. The minimum atomic E-state index is -0.451. The summed E-state index contributed by atoms with van der Waals surface area (Å²) in [6.45, 7) is 3.09. The van der Waals surface area contributed by atoms with Crippen LogP contribution < -0.4 is 0 Å². The van der Waals surface area contributed by atoms with Crippen LogP contribution in [-0.2, 0) is 9.53 Å².